The van der Waals surface area contributed by atoms with Crippen molar-refractivity contribution in [1.29, 1.82) is 0 Å². The molecule has 0 unspecified atom stereocenters. The van der Waals surface area contributed by atoms with E-state index in [1.54, 1.807) is 11.3 Å². The van der Waals surface area contributed by atoms with Crippen LogP contribution in [0.3, 0.4) is 0 Å². The van der Waals surface area contributed by atoms with Gasteiger partial charge in [-0.25, -0.2) is 4.98 Å². The topological polar surface area (TPSA) is 99.3 Å². The molecule has 6 rings (SSSR count). The quantitative estimate of drug-likeness (QED) is 0.223. The highest BCUT2D eigenvalue weighted by Gasteiger charge is 2.16. The van der Waals surface area contributed by atoms with Crippen molar-refractivity contribution in [1.82, 2.24) is 25.1 Å². The second-order valence-corrected chi connectivity index (χ2v) is 10.9. The first-order valence-electron chi connectivity index (χ1n) is 12.2. The third kappa shape index (κ3) is 4.51. The van der Waals surface area contributed by atoms with E-state index in [0.717, 1.165) is 55.1 Å². The van der Waals surface area contributed by atoms with Gasteiger partial charge < -0.3 is 10.3 Å². The highest BCUT2D eigenvalue weighted by molar-refractivity contribution is 7.15. The summed E-state index contributed by atoms with van der Waals surface area (Å²) >= 11 is 1.74. The van der Waals surface area contributed by atoms with Crippen LogP contribution in [-0.4, -0.2) is 31.1 Å². The lowest BCUT2D eigenvalue weighted by molar-refractivity contribution is -0.116. The molecule has 5 aromatic heterocycles. The number of nitrogens with one attached hydrogen (secondary N) is 3. The number of nitrogens with zero attached hydrogens (tertiary/aromatic N) is 3. The smallest absolute Gasteiger partial charge is 0.224 e. The molecule has 0 aliphatic heterocycles. The number of rotatable bonds is 6. The molecule has 0 fully saturated rings. The van der Waals surface area contributed by atoms with Gasteiger partial charge >= 0.3 is 0 Å². The first-order chi connectivity index (χ1) is 17.9. The molecule has 0 saturated carbocycles. The highest BCUT2D eigenvalue weighted by atomic mass is 32.1. The minimum Gasteiger partial charge on any atom is -0.353 e. The van der Waals surface area contributed by atoms with Gasteiger partial charge in [0, 0.05) is 51.2 Å². The Morgan fingerprint density at radius 3 is 2.73 bits per heavy atom. The minimum absolute atomic E-state index is 0.0169. The number of aromatic nitrogens is 5. The number of amides is 1. The van der Waals surface area contributed by atoms with Crippen LogP contribution in [0.2, 0.25) is 0 Å². The lowest BCUT2D eigenvalue weighted by Crippen LogP contribution is -2.13. The van der Waals surface area contributed by atoms with Gasteiger partial charge in [0.1, 0.15) is 0 Å². The fraction of sp³-hybridized carbons (Fsp3) is 0.172. The zero-order valence-corrected chi connectivity index (χ0v) is 21.6. The Kier molecular flexibility index (Phi) is 5.81. The van der Waals surface area contributed by atoms with Crippen LogP contribution < -0.4 is 5.32 Å². The Balaban J connectivity index is 1.38. The molecule has 0 aliphatic carbocycles. The molecule has 0 saturated heterocycles. The summed E-state index contributed by atoms with van der Waals surface area (Å²) in [6.45, 7) is 6.17. The molecule has 0 spiro atoms. The molecule has 6 aromatic rings. The van der Waals surface area contributed by atoms with Gasteiger partial charge in [0.15, 0.2) is 5.65 Å². The summed E-state index contributed by atoms with van der Waals surface area (Å²) in [5.74, 6) is 0.323. The van der Waals surface area contributed by atoms with Crippen LogP contribution in [-0.2, 0) is 4.79 Å². The van der Waals surface area contributed by atoms with E-state index < -0.39 is 0 Å². The average Bonchev–Trinajstić information content (AvgIpc) is 3.60. The Labute approximate surface area is 218 Å². The number of aryl methyl sites for hydroxylation is 1. The Morgan fingerprint density at radius 1 is 1.03 bits per heavy atom. The third-order valence-electron chi connectivity index (χ3n) is 6.27. The molecular formula is C29H26N6OS. The number of pyridine rings is 2. The third-order valence-corrected chi connectivity index (χ3v) is 7.28. The molecule has 37 heavy (non-hydrogen) atoms. The Bertz CT molecular complexity index is 1760. The summed E-state index contributed by atoms with van der Waals surface area (Å²) in [5.41, 5.74) is 7.12. The van der Waals surface area contributed by atoms with Crippen LogP contribution >= 0.6 is 11.3 Å². The second-order valence-electron chi connectivity index (χ2n) is 9.63. The van der Waals surface area contributed by atoms with E-state index in [1.807, 2.05) is 56.6 Å². The summed E-state index contributed by atoms with van der Waals surface area (Å²) in [4.78, 5) is 27.5. The first-order valence-corrected chi connectivity index (χ1v) is 13.1. The monoisotopic (exact) mass is 506 g/mol. The number of hydrogen-bond acceptors (Lipinski definition) is 5. The molecule has 3 N–H and O–H groups in total. The zero-order chi connectivity index (χ0) is 25.5. The lowest BCUT2D eigenvalue weighted by atomic mass is 10.0. The number of carbonyl (C=O) groups excluding carboxylic acids is 1. The number of thiophene rings is 1. The molecule has 0 atom stereocenters. The van der Waals surface area contributed by atoms with E-state index in [9.17, 15) is 4.79 Å². The molecule has 7 nitrogen and oxygen atoms in total. The van der Waals surface area contributed by atoms with Crippen molar-refractivity contribution < 1.29 is 4.79 Å². The fourth-order valence-corrected chi connectivity index (χ4v) is 5.45. The number of carbonyl (C=O) groups is 1. The molecule has 0 radical (unpaired) electrons. The van der Waals surface area contributed by atoms with Crippen LogP contribution in [0.25, 0.3) is 55.0 Å². The van der Waals surface area contributed by atoms with Crippen molar-refractivity contribution in [2.45, 2.75) is 27.2 Å². The summed E-state index contributed by atoms with van der Waals surface area (Å²) < 4.78 is 0. The average molecular weight is 507 g/mol. The first kappa shape index (κ1) is 23.1. The number of anilines is 1. The molecule has 0 aliphatic rings. The number of fused-ring (bicyclic) bond motifs is 2. The van der Waals surface area contributed by atoms with Gasteiger partial charge in [-0.3, -0.25) is 14.9 Å². The Hall–Kier alpha value is -4.30. The normalized spacial score (nSPS) is 11.6. The standard InChI is InChI=1S/C29H26N6OS/c1-16(2)11-26(36)32-20-6-4-5-18(12-20)19-13-22-27(34-35-29(22)31-15-19)24-14-21-23(33-24)9-10-30-28(21)25-8-7-17(3)37-25/h4-10,12-16,33H,11H2,1-3H3,(H,32,36)(H,31,34,35). The van der Waals surface area contributed by atoms with E-state index in [1.165, 1.54) is 4.88 Å². The molecule has 0 bridgehead atoms. The van der Waals surface area contributed by atoms with Crippen molar-refractivity contribution in [2.75, 3.05) is 5.32 Å². The predicted octanol–water partition coefficient (Wildman–Crippen LogP) is 7.19. The van der Waals surface area contributed by atoms with E-state index in [0.29, 0.717) is 18.0 Å². The van der Waals surface area contributed by atoms with Crippen molar-refractivity contribution in [3.8, 4) is 33.1 Å². The predicted molar refractivity (Wildman–Crippen MR) is 151 cm³/mol. The van der Waals surface area contributed by atoms with Crippen LogP contribution in [0.15, 0.2) is 67.0 Å². The van der Waals surface area contributed by atoms with E-state index in [2.05, 4.69) is 61.7 Å². The van der Waals surface area contributed by atoms with Gasteiger partial charge in [0.05, 0.1) is 22.0 Å². The number of benzene rings is 1. The van der Waals surface area contributed by atoms with Crippen molar-refractivity contribution in [3.63, 3.8) is 0 Å². The summed E-state index contributed by atoms with van der Waals surface area (Å²) in [6, 6.07) is 18.3. The molecular weight excluding hydrogens is 480 g/mol. The van der Waals surface area contributed by atoms with Gasteiger partial charge in [0.2, 0.25) is 5.91 Å². The van der Waals surface area contributed by atoms with Gasteiger partial charge in [-0.1, -0.05) is 26.0 Å². The van der Waals surface area contributed by atoms with Crippen LogP contribution in [0.1, 0.15) is 25.1 Å². The largest absolute Gasteiger partial charge is 0.353 e. The summed E-state index contributed by atoms with van der Waals surface area (Å²) in [5, 5.41) is 12.6. The summed E-state index contributed by atoms with van der Waals surface area (Å²) in [6.07, 6.45) is 4.14. The van der Waals surface area contributed by atoms with E-state index >= 15 is 0 Å². The molecule has 1 aromatic carbocycles. The van der Waals surface area contributed by atoms with Crippen LogP contribution in [0.4, 0.5) is 5.69 Å². The highest BCUT2D eigenvalue weighted by Crippen LogP contribution is 2.36. The Morgan fingerprint density at radius 2 is 1.92 bits per heavy atom. The zero-order valence-electron chi connectivity index (χ0n) is 20.8. The van der Waals surface area contributed by atoms with Crippen molar-refractivity contribution >= 4 is 44.9 Å². The number of aromatic amines is 2. The van der Waals surface area contributed by atoms with Crippen LogP contribution in [0, 0.1) is 12.8 Å². The SMILES string of the molecule is Cc1ccc(-c2nccc3[nH]c(-c4[nH]nc5ncc(-c6cccc(NC(=O)CC(C)C)c6)cc45)cc23)s1. The summed E-state index contributed by atoms with van der Waals surface area (Å²) in [7, 11) is 0. The minimum atomic E-state index is 0.0169. The molecule has 1 amide bonds. The van der Waals surface area contributed by atoms with E-state index in [-0.39, 0.29) is 5.91 Å². The maximum atomic E-state index is 12.3. The maximum absolute atomic E-state index is 12.3. The van der Waals surface area contributed by atoms with Gasteiger partial charge in [-0.15, -0.1) is 11.3 Å². The van der Waals surface area contributed by atoms with Gasteiger partial charge in [-0.2, -0.15) is 5.10 Å². The van der Waals surface area contributed by atoms with Crippen LogP contribution in [0.5, 0.6) is 0 Å². The lowest BCUT2D eigenvalue weighted by Gasteiger charge is -2.09. The van der Waals surface area contributed by atoms with Gasteiger partial charge in [-0.05, 0) is 60.9 Å². The second kappa shape index (κ2) is 9.29. The molecule has 184 valence electrons. The molecule has 8 heteroatoms. The molecule has 5 heterocycles. The number of H-pyrrole nitrogens is 2. The number of hydrogen-bond donors (Lipinski definition) is 3. The van der Waals surface area contributed by atoms with Gasteiger partial charge in [0.25, 0.3) is 0 Å². The van der Waals surface area contributed by atoms with Crippen molar-refractivity contribution in [2.24, 2.45) is 5.92 Å². The van der Waals surface area contributed by atoms with Crippen molar-refractivity contribution in [3.05, 3.63) is 71.9 Å². The maximum Gasteiger partial charge on any atom is 0.224 e. The fourth-order valence-electron chi connectivity index (χ4n) is 4.57. The van der Waals surface area contributed by atoms with E-state index in [4.69, 9.17) is 0 Å².